The first-order valence-corrected chi connectivity index (χ1v) is 8.02. The zero-order valence-electron chi connectivity index (χ0n) is 14.2. The van der Waals surface area contributed by atoms with Gasteiger partial charge in [-0.15, -0.1) is 0 Å². The molecule has 2 aromatic rings. The molecule has 3 heterocycles. The van der Waals surface area contributed by atoms with Crippen molar-refractivity contribution in [2.45, 2.75) is 32.6 Å². The summed E-state index contributed by atoms with van der Waals surface area (Å²) < 4.78 is 41.0. The molecule has 3 rings (SSSR count). The molecule has 0 amide bonds. The maximum absolute atomic E-state index is 13.0. The topological polar surface area (TPSA) is 70.9 Å². The molecule has 0 bridgehead atoms. The maximum atomic E-state index is 13.0. The standard InChI is InChI=1S/C15H20F3N7/c1-4-19-13-10(15(16,17)18)7-20-14(23-13)22-11-8-21-25-6-5-24(3)9(2)12(11)25/h7-9H,4-6H2,1-3H3,(H2,19,20,22,23)/t9-/m0/s1. The molecular weight excluding hydrogens is 335 g/mol. The smallest absolute Gasteiger partial charge is 0.370 e. The molecule has 0 spiro atoms. The fourth-order valence-electron chi connectivity index (χ4n) is 2.84. The number of fused-ring (bicyclic) bond motifs is 1. The van der Waals surface area contributed by atoms with Crippen molar-refractivity contribution in [1.82, 2.24) is 24.6 Å². The fourth-order valence-corrected chi connectivity index (χ4v) is 2.84. The number of rotatable bonds is 4. The Morgan fingerprint density at radius 1 is 1.28 bits per heavy atom. The number of halogens is 3. The van der Waals surface area contributed by atoms with Crippen molar-refractivity contribution in [2.24, 2.45) is 0 Å². The Kier molecular flexibility index (Phi) is 4.55. The van der Waals surface area contributed by atoms with E-state index in [9.17, 15) is 13.2 Å². The first kappa shape index (κ1) is 17.5. The molecule has 2 aromatic heterocycles. The summed E-state index contributed by atoms with van der Waals surface area (Å²) in [5, 5.41) is 9.97. The first-order valence-electron chi connectivity index (χ1n) is 8.02. The molecule has 1 aliphatic heterocycles. The van der Waals surface area contributed by atoms with Gasteiger partial charge in [-0.1, -0.05) is 0 Å². The maximum Gasteiger partial charge on any atom is 0.421 e. The van der Waals surface area contributed by atoms with Crippen LogP contribution >= 0.6 is 0 Å². The molecule has 25 heavy (non-hydrogen) atoms. The summed E-state index contributed by atoms with van der Waals surface area (Å²) >= 11 is 0. The molecule has 0 radical (unpaired) electrons. The minimum atomic E-state index is -4.51. The largest absolute Gasteiger partial charge is 0.421 e. The summed E-state index contributed by atoms with van der Waals surface area (Å²) in [5.74, 6) is -0.140. The Bertz CT molecular complexity index is 756. The molecule has 1 atom stereocenters. The number of anilines is 3. The van der Waals surface area contributed by atoms with E-state index < -0.39 is 11.7 Å². The highest BCUT2D eigenvalue weighted by Crippen LogP contribution is 2.35. The van der Waals surface area contributed by atoms with Gasteiger partial charge < -0.3 is 10.6 Å². The minimum Gasteiger partial charge on any atom is -0.370 e. The van der Waals surface area contributed by atoms with Crippen LogP contribution in [-0.4, -0.2) is 44.8 Å². The Labute approximate surface area is 143 Å². The van der Waals surface area contributed by atoms with Crippen LogP contribution in [0.5, 0.6) is 0 Å². The zero-order valence-corrected chi connectivity index (χ0v) is 14.2. The van der Waals surface area contributed by atoms with Crippen molar-refractivity contribution in [3.63, 3.8) is 0 Å². The highest BCUT2D eigenvalue weighted by atomic mass is 19.4. The van der Waals surface area contributed by atoms with E-state index in [0.717, 1.165) is 25.0 Å². The van der Waals surface area contributed by atoms with Gasteiger partial charge in [-0.05, 0) is 20.9 Å². The summed E-state index contributed by atoms with van der Waals surface area (Å²) in [7, 11) is 2.02. The van der Waals surface area contributed by atoms with Crippen LogP contribution in [0.15, 0.2) is 12.4 Å². The lowest BCUT2D eigenvalue weighted by molar-refractivity contribution is -0.137. The number of likely N-dealkylation sites (N-methyl/N-ethyl adjacent to an activating group) is 1. The number of hydrogen-bond acceptors (Lipinski definition) is 6. The molecular formula is C15H20F3N7. The molecule has 0 aliphatic carbocycles. The van der Waals surface area contributed by atoms with Crippen LogP contribution in [0, 0.1) is 0 Å². The third-order valence-corrected chi connectivity index (χ3v) is 4.29. The molecule has 7 nitrogen and oxygen atoms in total. The molecule has 0 unspecified atom stereocenters. The van der Waals surface area contributed by atoms with Crippen LogP contribution in [0.3, 0.4) is 0 Å². The van der Waals surface area contributed by atoms with E-state index >= 15 is 0 Å². The Morgan fingerprint density at radius 3 is 2.72 bits per heavy atom. The van der Waals surface area contributed by atoms with E-state index in [1.165, 1.54) is 0 Å². The molecule has 0 saturated carbocycles. The molecule has 136 valence electrons. The first-order chi connectivity index (χ1) is 11.8. The van der Waals surface area contributed by atoms with E-state index in [4.69, 9.17) is 0 Å². The van der Waals surface area contributed by atoms with E-state index in [2.05, 4.69) is 37.5 Å². The minimum absolute atomic E-state index is 0.0974. The number of alkyl halides is 3. The van der Waals surface area contributed by atoms with Crippen molar-refractivity contribution < 1.29 is 13.2 Å². The predicted molar refractivity (Wildman–Crippen MR) is 87.8 cm³/mol. The normalized spacial score (nSPS) is 18.1. The van der Waals surface area contributed by atoms with Crippen LogP contribution in [-0.2, 0) is 12.7 Å². The molecule has 1 aliphatic rings. The van der Waals surface area contributed by atoms with E-state index in [-0.39, 0.29) is 17.8 Å². The lowest BCUT2D eigenvalue weighted by Gasteiger charge is -2.31. The van der Waals surface area contributed by atoms with E-state index in [1.54, 1.807) is 13.1 Å². The third-order valence-electron chi connectivity index (χ3n) is 4.29. The van der Waals surface area contributed by atoms with Gasteiger partial charge >= 0.3 is 6.18 Å². The molecule has 0 aromatic carbocycles. The SMILES string of the molecule is CCNc1nc(Nc2cnn3c2[C@H](C)N(C)CC3)ncc1C(F)(F)F. The van der Waals surface area contributed by atoms with Crippen LogP contribution in [0.25, 0.3) is 0 Å². The van der Waals surface area contributed by atoms with Gasteiger partial charge in [0.25, 0.3) is 0 Å². The van der Waals surface area contributed by atoms with Gasteiger partial charge in [-0.3, -0.25) is 9.58 Å². The van der Waals surface area contributed by atoms with Crippen LogP contribution < -0.4 is 10.6 Å². The number of nitrogens with zero attached hydrogens (tertiary/aromatic N) is 5. The highest BCUT2D eigenvalue weighted by molar-refractivity contribution is 5.59. The van der Waals surface area contributed by atoms with Crippen molar-refractivity contribution in [3.8, 4) is 0 Å². The highest BCUT2D eigenvalue weighted by Gasteiger charge is 2.35. The van der Waals surface area contributed by atoms with Crippen LogP contribution in [0.4, 0.5) is 30.6 Å². The Morgan fingerprint density at radius 2 is 2.04 bits per heavy atom. The monoisotopic (exact) mass is 355 g/mol. The van der Waals surface area contributed by atoms with Gasteiger partial charge in [-0.2, -0.15) is 23.3 Å². The van der Waals surface area contributed by atoms with Crippen LogP contribution in [0.2, 0.25) is 0 Å². The molecule has 0 saturated heterocycles. The van der Waals surface area contributed by atoms with Crippen molar-refractivity contribution in [3.05, 3.63) is 23.7 Å². The van der Waals surface area contributed by atoms with Gasteiger partial charge in [-0.25, -0.2) is 4.98 Å². The molecule has 2 N–H and O–H groups in total. The predicted octanol–water partition coefficient (Wildman–Crippen LogP) is 2.87. The average molecular weight is 355 g/mol. The van der Waals surface area contributed by atoms with Crippen molar-refractivity contribution in [2.75, 3.05) is 30.8 Å². The average Bonchev–Trinajstić information content (AvgIpc) is 2.94. The second-order valence-corrected chi connectivity index (χ2v) is 5.93. The Hall–Kier alpha value is -2.36. The number of aromatic nitrogens is 4. The molecule has 0 fully saturated rings. The van der Waals surface area contributed by atoms with Gasteiger partial charge in [0.05, 0.1) is 30.2 Å². The summed E-state index contributed by atoms with van der Waals surface area (Å²) in [6.45, 7) is 5.73. The van der Waals surface area contributed by atoms with Crippen LogP contribution in [0.1, 0.15) is 31.1 Å². The van der Waals surface area contributed by atoms with Crippen molar-refractivity contribution in [1.29, 1.82) is 0 Å². The summed E-state index contributed by atoms with van der Waals surface area (Å²) in [4.78, 5) is 10.00. The number of hydrogen-bond donors (Lipinski definition) is 2. The molecule has 10 heteroatoms. The third kappa shape index (κ3) is 3.39. The van der Waals surface area contributed by atoms with E-state index in [1.807, 2.05) is 11.7 Å². The van der Waals surface area contributed by atoms with Gasteiger partial charge in [0.2, 0.25) is 5.95 Å². The van der Waals surface area contributed by atoms with E-state index in [0.29, 0.717) is 12.2 Å². The second-order valence-electron chi connectivity index (χ2n) is 5.93. The fraction of sp³-hybridized carbons (Fsp3) is 0.533. The summed E-state index contributed by atoms with van der Waals surface area (Å²) in [6, 6.07) is 0.126. The van der Waals surface area contributed by atoms with Gasteiger partial charge in [0.1, 0.15) is 11.4 Å². The summed E-state index contributed by atoms with van der Waals surface area (Å²) in [5.41, 5.74) is 0.772. The van der Waals surface area contributed by atoms with Gasteiger partial charge in [0, 0.05) is 19.3 Å². The lowest BCUT2D eigenvalue weighted by Crippen LogP contribution is -2.34. The lowest BCUT2D eigenvalue weighted by atomic mass is 10.1. The van der Waals surface area contributed by atoms with Crippen molar-refractivity contribution >= 4 is 17.5 Å². The Balaban J connectivity index is 1.92. The second kappa shape index (κ2) is 6.51. The summed E-state index contributed by atoms with van der Waals surface area (Å²) in [6.07, 6.45) is -2.07. The van der Waals surface area contributed by atoms with Gasteiger partial charge in [0.15, 0.2) is 0 Å². The zero-order chi connectivity index (χ0) is 18.2. The number of nitrogens with one attached hydrogen (secondary N) is 2. The quantitative estimate of drug-likeness (QED) is 0.879.